The lowest BCUT2D eigenvalue weighted by atomic mass is 10.0. The second-order valence-electron chi connectivity index (χ2n) is 5.06. The molecule has 0 aromatic heterocycles. The van der Waals surface area contributed by atoms with E-state index in [0.29, 0.717) is 19.4 Å². The van der Waals surface area contributed by atoms with Crippen LogP contribution in [0.25, 0.3) is 0 Å². The predicted molar refractivity (Wildman–Crippen MR) is 80.3 cm³/mol. The van der Waals surface area contributed by atoms with Crippen LogP contribution >= 0.6 is 0 Å². The van der Waals surface area contributed by atoms with Gasteiger partial charge in [0.2, 0.25) is 0 Å². The summed E-state index contributed by atoms with van der Waals surface area (Å²) in [6.45, 7) is 4.36. The highest BCUT2D eigenvalue weighted by molar-refractivity contribution is 5.96. The number of carbonyl (C=O) groups excluding carboxylic acids is 2. The number of ketones is 2. The second kappa shape index (κ2) is 9.29. The highest BCUT2D eigenvalue weighted by Gasteiger charge is 2.06. The maximum Gasteiger partial charge on any atom is 0.162 e. The molecule has 0 N–H and O–H groups in total. The molecule has 0 spiro atoms. The number of hydrogen-bond donors (Lipinski definition) is 0. The van der Waals surface area contributed by atoms with Crippen molar-refractivity contribution in [2.45, 2.75) is 52.4 Å². The van der Waals surface area contributed by atoms with Crippen molar-refractivity contribution in [3.63, 3.8) is 0 Å². The predicted octanol–water partition coefficient (Wildman–Crippen LogP) is 4.20. The molecule has 0 unspecified atom stereocenters. The van der Waals surface area contributed by atoms with Gasteiger partial charge in [-0.1, -0.05) is 13.3 Å². The molecule has 0 fully saturated rings. The lowest BCUT2D eigenvalue weighted by Gasteiger charge is -2.05. The molecule has 20 heavy (non-hydrogen) atoms. The number of rotatable bonds is 10. The molecule has 0 radical (unpaired) electrons. The summed E-state index contributed by atoms with van der Waals surface area (Å²) in [6, 6.07) is 7.34. The minimum absolute atomic E-state index is 0.162. The van der Waals surface area contributed by atoms with Crippen molar-refractivity contribution in [1.29, 1.82) is 0 Å². The zero-order valence-electron chi connectivity index (χ0n) is 12.5. The summed E-state index contributed by atoms with van der Waals surface area (Å²) in [5.41, 5.74) is 0.736. The van der Waals surface area contributed by atoms with Gasteiger partial charge in [-0.2, -0.15) is 0 Å². The zero-order valence-corrected chi connectivity index (χ0v) is 12.5. The summed E-state index contributed by atoms with van der Waals surface area (Å²) in [4.78, 5) is 22.7. The summed E-state index contributed by atoms with van der Waals surface area (Å²) >= 11 is 0. The third-order valence-electron chi connectivity index (χ3n) is 3.08. The van der Waals surface area contributed by atoms with Gasteiger partial charge in [0.25, 0.3) is 0 Å². The Labute approximate surface area is 121 Å². The lowest BCUT2D eigenvalue weighted by molar-refractivity contribution is -0.117. The van der Waals surface area contributed by atoms with E-state index in [1.54, 1.807) is 6.92 Å². The summed E-state index contributed by atoms with van der Waals surface area (Å²) in [7, 11) is 0. The molecule has 0 amide bonds. The smallest absolute Gasteiger partial charge is 0.162 e. The molecule has 3 heteroatoms. The number of benzene rings is 1. The van der Waals surface area contributed by atoms with Crippen LogP contribution in [0.4, 0.5) is 0 Å². The van der Waals surface area contributed by atoms with Crippen molar-refractivity contribution in [2.75, 3.05) is 6.61 Å². The van der Waals surface area contributed by atoms with Gasteiger partial charge in [0, 0.05) is 18.4 Å². The molecule has 0 aliphatic rings. The Hall–Kier alpha value is -1.64. The Bertz CT molecular complexity index is 420. The van der Waals surface area contributed by atoms with Crippen molar-refractivity contribution in [3.05, 3.63) is 29.8 Å². The normalized spacial score (nSPS) is 10.3. The van der Waals surface area contributed by atoms with Crippen LogP contribution in [0.5, 0.6) is 5.75 Å². The van der Waals surface area contributed by atoms with E-state index in [9.17, 15) is 9.59 Å². The van der Waals surface area contributed by atoms with E-state index in [1.165, 1.54) is 0 Å². The molecule has 0 heterocycles. The van der Waals surface area contributed by atoms with Crippen molar-refractivity contribution in [2.24, 2.45) is 0 Å². The van der Waals surface area contributed by atoms with E-state index in [0.717, 1.165) is 37.0 Å². The molecule has 0 aliphatic carbocycles. The van der Waals surface area contributed by atoms with Gasteiger partial charge in [-0.05, 0) is 50.5 Å². The maximum atomic E-state index is 12.0. The first kappa shape index (κ1) is 16.4. The van der Waals surface area contributed by atoms with Crippen LogP contribution in [0.3, 0.4) is 0 Å². The van der Waals surface area contributed by atoms with Gasteiger partial charge in [0.1, 0.15) is 11.5 Å². The van der Waals surface area contributed by atoms with Gasteiger partial charge < -0.3 is 9.53 Å². The van der Waals surface area contributed by atoms with Crippen molar-refractivity contribution >= 4 is 11.6 Å². The van der Waals surface area contributed by atoms with Crippen LogP contribution in [0.15, 0.2) is 24.3 Å². The van der Waals surface area contributed by atoms with E-state index in [1.807, 2.05) is 24.3 Å². The maximum absolute atomic E-state index is 12.0. The fourth-order valence-electron chi connectivity index (χ4n) is 1.94. The Balaban J connectivity index is 2.30. The molecule has 1 aromatic rings. The molecule has 0 saturated carbocycles. The van der Waals surface area contributed by atoms with E-state index in [4.69, 9.17) is 4.74 Å². The number of ether oxygens (including phenoxy) is 1. The number of unbranched alkanes of at least 4 members (excludes halogenated alkanes) is 2. The fraction of sp³-hybridized carbons (Fsp3) is 0.529. The van der Waals surface area contributed by atoms with E-state index in [-0.39, 0.29) is 11.6 Å². The van der Waals surface area contributed by atoms with Crippen LogP contribution in [0.1, 0.15) is 62.7 Å². The molecule has 0 atom stereocenters. The largest absolute Gasteiger partial charge is 0.494 e. The van der Waals surface area contributed by atoms with Gasteiger partial charge in [-0.25, -0.2) is 0 Å². The molecular formula is C17H24O3. The third kappa shape index (κ3) is 6.50. The topological polar surface area (TPSA) is 43.4 Å². The SMILES string of the molecule is CCCOc1ccc(C(=O)CCCCCC(C)=O)cc1. The monoisotopic (exact) mass is 276 g/mol. The summed E-state index contributed by atoms with van der Waals surface area (Å²) in [5.74, 6) is 1.19. The Morgan fingerprint density at radius 2 is 1.65 bits per heavy atom. The zero-order chi connectivity index (χ0) is 14.8. The third-order valence-corrected chi connectivity index (χ3v) is 3.08. The van der Waals surface area contributed by atoms with Gasteiger partial charge in [-0.15, -0.1) is 0 Å². The average molecular weight is 276 g/mol. The molecule has 0 aliphatic heterocycles. The average Bonchev–Trinajstić information content (AvgIpc) is 2.44. The molecule has 0 bridgehead atoms. The Kier molecular flexibility index (Phi) is 7.63. The minimum atomic E-state index is 0.162. The van der Waals surface area contributed by atoms with Gasteiger partial charge in [0.15, 0.2) is 5.78 Å². The van der Waals surface area contributed by atoms with E-state index >= 15 is 0 Å². The molecule has 0 saturated heterocycles. The minimum Gasteiger partial charge on any atom is -0.494 e. The Morgan fingerprint density at radius 3 is 2.25 bits per heavy atom. The van der Waals surface area contributed by atoms with Gasteiger partial charge >= 0.3 is 0 Å². The van der Waals surface area contributed by atoms with Crippen molar-refractivity contribution in [3.8, 4) is 5.75 Å². The molecule has 1 aromatic carbocycles. The quantitative estimate of drug-likeness (QED) is 0.475. The highest BCUT2D eigenvalue weighted by Crippen LogP contribution is 2.15. The first-order chi connectivity index (χ1) is 9.63. The second-order valence-corrected chi connectivity index (χ2v) is 5.06. The standard InChI is InChI=1S/C17H24O3/c1-3-13-20-16-11-9-15(10-12-16)17(19)8-6-4-5-7-14(2)18/h9-12H,3-8,13H2,1-2H3. The van der Waals surface area contributed by atoms with E-state index < -0.39 is 0 Å². The van der Waals surface area contributed by atoms with Crippen LogP contribution in [-0.4, -0.2) is 18.2 Å². The summed E-state index contributed by atoms with van der Waals surface area (Å²) < 4.78 is 5.48. The number of carbonyl (C=O) groups is 2. The van der Waals surface area contributed by atoms with Gasteiger partial charge in [0.05, 0.1) is 6.61 Å². The molecule has 3 nitrogen and oxygen atoms in total. The first-order valence-corrected chi connectivity index (χ1v) is 7.39. The lowest BCUT2D eigenvalue weighted by Crippen LogP contribution is -2.00. The first-order valence-electron chi connectivity index (χ1n) is 7.39. The molecule has 1 rings (SSSR count). The van der Waals surface area contributed by atoms with Crippen LogP contribution in [-0.2, 0) is 4.79 Å². The van der Waals surface area contributed by atoms with Crippen LogP contribution in [0, 0.1) is 0 Å². The highest BCUT2D eigenvalue weighted by atomic mass is 16.5. The molecule has 110 valence electrons. The summed E-state index contributed by atoms with van der Waals surface area (Å²) in [6.07, 6.45) is 4.81. The van der Waals surface area contributed by atoms with Crippen LogP contribution in [0.2, 0.25) is 0 Å². The number of Topliss-reactive ketones (excluding diaryl/α,β-unsaturated/α-hetero) is 2. The fourth-order valence-corrected chi connectivity index (χ4v) is 1.94. The van der Waals surface area contributed by atoms with Crippen molar-refractivity contribution in [1.82, 2.24) is 0 Å². The number of hydrogen-bond acceptors (Lipinski definition) is 3. The summed E-state index contributed by atoms with van der Waals surface area (Å²) in [5, 5.41) is 0. The van der Waals surface area contributed by atoms with E-state index in [2.05, 4.69) is 6.92 Å². The molecular weight excluding hydrogens is 252 g/mol. The Morgan fingerprint density at radius 1 is 1.00 bits per heavy atom. The van der Waals surface area contributed by atoms with Crippen LogP contribution < -0.4 is 4.74 Å². The van der Waals surface area contributed by atoms with Crippen molar-refractivity contribution < 1.29 is 14.3 Å². The van der Waals surface area contributed by atoms with Gasteiger partial charge in [-0.3, -0.25) is 4.79 Å².